The molecule has 0 bridgehead atoms. The SMILES string of the molecule is Cc1nc2cccnc2n1Cc1cccc(O)c1. The van der Waals surface area contributed by atoms with Crippen LogP contribution in [0, 0.1) is 6.92 Å². The van der Waals surface area contributed by atoms with Gasteiger partial charge in [-0.25, -0.2) is 9.97 Å². The number of nitrogens with zero attached hydrogens (tertiary/aromatic N) is 3. The van der Waals surface area contributed by atoms with Gasteiger partial charge in [0.25, 0.3) is 0 Å². The molecule has 0 amide bonds. The van der Waals surface area contributed by atoms with Crippen LogP contribution in [0.5, 0.6) is 5.75 Å². The zero-order valence-corrected chi connectivity index (χ0v) is 10.0. The fourth-order valence-corrected chi connectivity index (χ4v) is 2.10. The Balaban J connectivity index is 2.07. The molecule has 0 saturated heterocycles. The van der Waals surface area contributed by atoms with E-state index >= 15 is 0 Å². The van der Waals surface area contributed by atoms with Crippen LogP contribution in [0.2, 0.25) is 0 Å². The van der Waals surface area contributed by atoms with E-state index in [1.54, 1.807) is 18.3 Å². The molecular formula is C14H13N3O. The van der Waals surface area contributed by atoms with Gasteiger partial charge in [-0.2, -0.15) is 0 Å². The third-order valence-corrected chi connectivity index (χ3v) is 2.95. The highest BCUT2D eigenvalue weighted by Crippen LogP contribution is 2.17. The molecule has 1 N–H and O–H groups in total. The summed E-state index contributed by atoms with van der Waals surface area (Å²) in [5.74, 6) is 1.20. The lowest BCUT2D eigenvalue weighted by molar-refractivity contribution is 0.474. The zero-order valence-electron chi connectivity index (χ0n) is 10.0. The van der Waals surface area contributed by atoms with Gasteiger partial charge in [0.15, 0.2) is 5.65 Å². The molecule has 0 aliphatic rings. The van der Waals surface area contributed by atoms with E-state index in [9.17, 15) is 5.11 Å². The van der Waals surface area contributed by atoms with Crippen molar-refractivity contribution in [3.63, 3.8) is 0 Å². The number of benzene rings is 1. The van der Waals surface area contributed by atoms with Crippen molar-refractivity contribution in [3.05, 3.63) is 54.0 Å². The topological polar surface area (TPSA) is 50.9 Å². The molecular weight excluding hydrogens is 226 g/mol. The van der Waals surface area contributed by atoms with Gasteiger partial charge in [0.1, 0.15) is 17.1 Å². The number of phenols is 1. The van der Waals surface area contributed by atoms with E-state index in [2.05, 4.69) is 9.97 Å². The van der Waals surface area contributed by atoms with Gasteiger partial charge in [0, 0.05) is 6.20 Å². The van der Waals surface area contributed by atoms with Crippen LogP contribution in [-0.4, -0.2) is 19.6 Å². The Morgan fingerprint density at radius 1 is 1.22 bits per heavy atom. The Morgan fingerprint density at radius 2 is 2.11 bits per heavy atom. The monoisotopic (exact) mass is 239 g/mol. The fraction of sp³-hybridized carbons (Fsp3) is 0.143. The number of rotatable bonds is 2. The molecule has 0 aliphatic heterocycles. The molecule has 0 unspecified atom stereocenters. The van der Waals surface area contributed by atoms with Gasteiger partial charge in [-0.3, -0.25) is 0 Å². The number of aromatic hydroxyl groups is 1. The minimum Gasteiger partial charge on any atom is -0.508 e. The second-order valence-corrected chi connectivity index (χ2v) is 4.26. The summed E-state index contributed by atoms with van der Waals surface area (Å²) >= 11 is 0. The first-order valence-corrected chi connectivity index (χ1v) is 5.80. The molecule has 0 fully saturated rings. The molecule has 0 spiro atoms. The third kappa shape index (κ3) is 1.82. The molecule has 0 atom stereocenters. The number of fused-ring (bicyclic) bond motifs is 1. The largest absolute Gasteiger partial charge is 0.508 e. The predicted molar refractivity (Wildman–Crippen MR) is 69.5 cm³/mol. The van der Waals surface area contributed by atoms with Gasteiger partial charge in [-0.15, -0.1) is 0 Å². The maximum atomic E-state index is 9.48. The summed E-state index contributed by atoms with van der Waals surface area (Å²) in [4.78, 5) is 8.83. The van der Waals surface area contributed by atoms with Crippen LogP contribution >= 0.6 is 0 Å². The molecule has 0 radical (unpaired) electrons. The van der Waals surface area contributed by atoms with Gasteiger partial charge < -0.3 is 9.67 Å². The maximum absolute atomic E-state index is 9.48. The van der Waals surface area contributed by atoms with Crippen molar-refractivity contribution < 1.29 is 5.11 Å². The molecule has 4 nitrogen and oxygen atoms in total. The molecule has 1 aromatic carbocycles. The van der Waals surface area contributed by atoms with Crippen LogP contribution in [0.25, 0.3) is 11.2 Å². The smallest absolute Gasteiger partial charge is 0.160 e. The van der Waals surface area contributed by atoms with Crippen molar-refractivity contribution in [1.82, 2.24) is 14.5 Å². The predicted octanol–water partition coefficient (Wildman–Crippen LogP) is 2.49. The highest BCUT2D eigenvalue weighted by atomic mass is 16.3. The second-order valence-electron chi connectivity index (χ2n) is 4.26. The number of aryl methyl sites for hydroxylation is 1. The number of phenolic OH excluding ortho intramolecular Hbond substituents is 1. The minimum atomic E-state index is 0.280. The lowest BCUT2D eigenvalue weighted by Crippen LogP contribution is -2.02. The molecule has 3 aromatic rings. The average Bonchev–Trinajstić information content (AvgIpc) is 2.66. The van der Waals surface area contributed by atoms with E-state index in [1.165, 1.54) is 0 Å². The van der Waals surface area contributed by atoms with E-state index in [1.807, 2.05) is 35.8 Å². The maximum Gasteiger partial charge on any atom is 0.160 e. The Kier molecular flexibility index (Phi) is 2.48. The lowest BCUT2D eigenvalue weighted by atomic mass is 10.2. The highest BCUT2D eigenvalue weighted by Gasteiger charge is 2.08. The number of hydrogen-bond donors (Lipinski definition) is 1. The standard InChI is InChI=1S/C14H13N3O/c1-10-16-13-6-3-7-15-14(13)17(10)9-11-4-2-5-12(18)8-11/h2-8,18H,9H2,1H3. The van der Waals surface area contributed by atoms with Crippen molar-refractivity contribution in [1.29, 1.82) is 0 Å². The van der Waals surface area contributed by atoms with Crippen LogP contribution in [0.15, 0.2) is 42.6 Å². The highest BCUT2D eigenvalue weighted by molar-refractivity contribution is 5.71. The summed E-state index contributed by atoms with van der Waals surface area (Å²) in [5.41, 5.74) is 2.80. The minimum absolute atomic E-state index is 0.280. The zero-order chi connectivity index (χ0) is 12.5. The van der Waals surface area contributed by atoms with Gasteiger partial charge in [0.2, 0.25) is 0 Å². The van der Waals surface area contributed by atoms with Crippen molar-refractivity contribution in [2.45, 2.75) is 13.5 Å². The molecule has 3 rings (SSSR count). The number of aromatic nitrogens is 3. The molecule has 4 heteroatoms. The van der Waals surface area contributed by atoms with Gasteiger partial charge >= 0.3 is 0 Å². The molecule has 90 valence electrons. The van der Waals surface area contributed by atoms with E-state index < -0.39 is 0 Å². The second kappa shape index (κ2) is 4.14. The quantitative estimate of drug-likeness (QED) is 0.747. The first-order chi connectivity index (χ1) is 8.74. The number of imidazole rings is 1. The molecule has 18 heavy (non-hydrogen) atoms. The van der Waals surface area contributed by atoms with Gasteiger partial charge in [0.05, 0.1) is 6.54 Å². The normalized spacial score (nSPS) is 10.9. The molecule has 2 aromatic heterocycles. The number of pyridine rings is 1. The van der Waals surface area contributed by atoms with Gasteiger partial charge in [-0.1, -0.05) is 12.1 Å². The van der Waals surface area contributed by atoms with Crippen LogP contribution in [-0.2, 0) is 6.54 Å². The van der Waals surface area contributed by atoms with E-state index in [-0.39, 0.29) is 5.75 Å². The average molecular weight is 239 g/mol. The van der Waals surface area contributed by atoms with Crippen LogP contribution in [0.3, 0.4) is 0 Å². The first kappa shape index (κ1) is 10.8. The van der Waals surface area contributed by atoms with Crippen molar-refractivity contribution >= 4 is 11.2 Å². The van der Waals surface area contributed by atoms with Crippen LogP contribution < -0.4 is 0 Å². The van der Waals surface area contributed by atoms with E-state index in [4.69, 9.17) is 0 Å². The van der Waals surface area contributed by atoms with Crippen LogP contribution in [0.4, 0.5) is 0 Å². The van der Waals surface area contributed by atoms with E-state index in [0.717, 1.165) is 22.6 Å². The summed E-state index contributed by atoms with van der Waals surface area (Å²) in [6.45, 7) is 2.62. The third-order valence-electron chi connectivity index (χ3n) is 2.95. The first-order valence-electron chi connectivity index (χ1n) is 5.80. The Hall–Kier alpha value is -2.36. The summed E-state index contributed by atoms with van der Waals surface area (Å²) in [7, 11) is 0. The van der Waals surface area contributed by atoms with Crippen molar-refractivity contribution in [2.24, 2.45) is 0 Å². The molecule has 0 aliphatic carbocycles. The Morgan fingerprint density at radius 3 is 2.94 bits per heavy atom. The summed E-state index contributed by atoms with van der Waals surface area (Å²) in [5, 5.41) is 9.48. The van der Waals surface area contributed by atoms with Crippen molar-refractivity contribution in [2.75, 3.05) is 0 Å². The van der Waals surface area contributed by atoms with Gasteiger partial charge in [-0.05, 0) is 36.8 Å². The molecule has 2 heterocycles. The summed E-state index contributed by atoms with van der Waals surface area (Å²) in [6.07, 6.45) is 1.77. The number of hydrogen-bond acceptors (Lipinski definition) is 3. The summed E-state index contributed by atoms with van der Waals surface area (Å²) in [6, 6.07) is 11.1. The lowest BCUT2D eigenvalue weighted by Gasteiger charge is -2.06. The van der Waals surface area contributed by atoms with E-state index in [0.29, 0.717) is 6.54 Å². The van der Waals surface area contributed by atoms with Crippen LogP contribution in [0.1, 0.15) is 11.4 Å². The van der Waals surface area contributed by atoms with Crippen molar-refractivity contribution in [3.8, 4) is 5.75 Å². The summed E-state index contributed by atoms with van der Waals surface area (Å²) < 4.78 is 2.05. The fourth-order valence-electron chi connectivity index (χ4n) is 2.10. The Labute approximate surface area is 105 Å². The molecule has 0 saturated carbocycles. The Bertz CT molecular complexity index is 703.